The molecule has 0 unspecified atom stereocenters. The summed E-state index contributed by atoms with van der Waals surface area (Å²) in [7, 11) is 0. The lowest BCUT2D eigenvalue weighted by Gasteiger charge is -2.08. The van der Waals surface area contributed by atoms with Crippen LogP contribution in [0.3, 0.4) is 0 Å². The lowest BCUT2D eigenvalue weighted by atomic mass is 9.99. The molecular formula is C18H11NO2. The smallest absolute Gasteiger partial charge is 0.180 e. The van der Waals surface area contributed by atoms with Gasteiger partial charge >= 0.3 is 0 Å². The summed E-state index contributed by atoms with van der Waals surface area (Å²) in [5.74, 6) is 1.79. The van der Waals surface area contributed by atoms with E-state index in [-0.39, 0.29) is 6.61 Å². The van der Waals surface area contributed by atoms with E-state index in [2.05, 4.69) is 12.1 Å². The van der Waals surface area contributed by atoms with E-state index in [9.17, 15) is 5.11 Å². The summed E-state index contributed by atoms with van der Waals surface area (Å²) in [6, 6.07) is 16.0. The maximum atomic E-state index is 9.87. The van der Waals surface area contributed by atoms with Crippen LogP contribution < -0.4 is 4.74 Å². The van der Waals surface area contributed by atoms with E-state index < -0.39 is 0 Å². The van der Waals surface area contributed by atoms with Gasteiger partial charge in [0.25, 0.3) is 0 Å². The fourth-order valence-electron chi connectivity index (χ4n) is 3.19. The molecule has 2 heterocycles. The molecule has 100 valence electrons. The van der Waals surface area contributed by atoms with Crippen LogP contribution in [0.2, 0.25) is 0 Å². The largest absolute Gasteiger partial charge is 0.448 e. The molecule has 0 aliphatic carbocycles. The van der Waals surface area contributed by atoms with Crippen molar-refractivity contribution in [2.45, 2.75) is 6.61 Å². The molecule has 1 N–H and O–H groups in total. The molecule has 4 aromatic rings. The summed E-state index contributed by atoms with van der Waals surface area (Å²) >= 11 is 0. The number of hydrogen-bond acceptors (Lipinski definition) is 3. The van der Waals surface area contributed by atoms with E-state index >= 15 is 0 Å². The summed E-state index contributed by atoms with van der Waals surface area (Å²) in [6.45, 7) is -0.0202. The van der Waals surface area contributed by atoms with Gasteiger partial charge in [0.15, 0.2) is 11.5 Å². The molecule has 0 saturated carbocycles. The summed E-state index contributed by atoms with van der Waals surface area (Å²) in [6.07, 6.45) is 0. The Morgan fingerprint density at radius 2 is 1.57 bits per heavy atom. The van der Waals surface area contributed by atoms with Gasteiger partial charge in [-0.05, 0) is 6.07 Å². The highest BCUT2D eigenvalue weighted by Gasteiger charge is 2.30. The van der Waals surface area contributed by atoms with E-state index in [1.807, 2.05) is 36.4 Å². The topological polar surface area (TPSA) is 45.7 Å². The summed E-state index contributed by atoms with van der Waals surface area (Å²) in [5, 5.41) is 14.0. The van der Waals surface area contributed by atoms with Crippen molar-refractivity contribution in [1.82, 2.24) is 4.98 Å². The van der Waals surface area contributed by atoms with Crippen molar-refractivity contribution in [2.75, 3.05) is 0 Å². The van der Waals surface area contributed by atoms with Crippen molar-refractivity contribution >= 4 is 32.6 Å². The molecule has 0 spiro atoms. The molecule has 21 heavy (non-hydrogen) atoms. The Kier molecular flexibility index (Phi) is 1.95. The van der Waals surface area contributed by atoms with Crippen molar-refractivity contribution in [3.05, 3.63) is 54.1 Å². The fraction of sp³-hybridized carbons (Fsp3) is 0.0556. The van der Waals surface area contributed by atoms with Gasteiger partial charge in [0.2, 0.25) is 0 Å². The number of ether oxygens (including phenoxy) is 1. The van der Waals surface area contributed by atoms with Crippen LogP contribution in [-0.4, -0.2) is 10.1 Å². The zero-order chi connectivity index (χ0) is 14.0. The number of rotatable bonds is 1. The maximum Gasteiger partial charge on any atom is 0.180 e. The molecule has 0 radical (unpaired) electrons. The van der Waals surface area contributed by atoms with Gasteiger partial charge in [-0.1, -0.05) is 42.5 Å². The van der Waals surface area contributed by atoms with Crippen molar-refractivity contribution in [3.8, 4) is 11.5 Å². The summed E-state index contributed by atoms with van der Waals surface area (Å²) in [5.41, 5.74) is 2.71. The first-order valence-corrected chi connectivity index (χ1v) is 6.93. The van der Waals surface area contributed by atoms with Crippen LogP contribution in [0.15, 0.2) is 48.5 Å². The number of para-hydroxylation sites is 1. The van der Waals surface area contributed by atoms with Crippen LogP contribution in [-0.2, 0) is 6.61 Å². The number of hydrogen-bond donors (Lipinski definition) is 1. The van der Waals surface area contributed by atoms with Gasteiger partial charge in [-0.15, -0.1) is 0 Å². The summed E-state index contributed by atoms with van der Waals surface area (Å²) < 4.78 is 5.70. The molecular weight excluding hydrogens is 262 g/mol. The molecule has 1 aromatic heterocycles. The van der Waals surface area contributed by atoms with Crippen LogP contribution in [0, 0.1) is 0 Å². The zero-order valence-corrected chi connectivity index (χ0v) is 11.1. The lowest BCUT2D eigenvalue weighted by Crippen LogP contribution is -1.92. The Morgan fingerprint density at radius 1 is 0.857 bits per heavy atom. The summed E-state index contributed by atoms with van der Waals surface area (Å²) in [4.78, 5) is 4.82. The van der Waals surface area contributed by atoms with Crippen LogP contribution in [0.4, 0.5) is 0 Å². The van der Waals surface area contributed by atoms with Gasteiger partial charge in [0, 0.05) is 21.7 Å². The highest BCUT2D eigenvalue weighted by atomic mass is 16.6. The first-order valence-electron chi connectivity index (χ1n) is 6.93. The first kappa shape index (κ1) is 11.1. The number of aliphatic hydroxyl groups excluding tert-OH is 1. The number of fused-ring (bicyclic) bond motifs is 7. The third kappa shape index (κ3) is 1.33. The van der Waals surface area contributed by atoms with Crippen LogP contribution in [0.5, 0.6) is 11.5 Å². The minimum Gasteiger partial charge on any atom is -0.448 e. The lowest BCUT2D eigenvalue weighted by molar-refractivity contribution is 0.284. The minimum atomic E-state index is -0.0202. The number of pyridine rings is 1. The maximum absolute atomic E-state index is 9.87. The molecule has 3 heteroatoms. The van der Waals surface area contributed by atoms with Gasteiger partial charge in [0.1, 0.15) is 0 Å². The Bertz CT molecular complexity index is 1050. The highest BCUT2D eigenvalue weighted by Crippen LogP contribution is 2.57. The van der Waals surface area contributed by atoms with E-state index in [0.717, 1.165) is 49.6 Å². The SMILES string of the molecule is OCc1c2ccccc2nc2c1c1c(c3ccccc32)O1. The van der Waals surface area contributed by atoms with Gasteiger partial charge < -0.3 is 9.84 Å². The molecule has 1 aliphatic heterocycles. The fourth-order valence-corrected chi connectivity index (χ4v) is 3.19. The van der Waals surface area contributed by atoms with Crippen molar-refractivity contribution in [3.63, 3.8) is 0 Å². The van der Waals surface area contributed by atoms with Gasteiger partial charge in [-0.2, -0.15) is 0 Å². The predicted molar refractivity (Wildman–Crippen MR) is 82.8 cm³/mol. The number of nitrogens with zero attached hydrogens (tertiary/aromatic N) is 1. The monoisotopic (exact) mass is 273 g/mol. The second-order valence-electron chi connectivity index (χ2n) is 5.30. The zero-order valence-electron chi connectivity index (χ0n) is 11.1. The molecule has 0 bridgehead atoms. The van der Waals surface area contributed by atoms with E-state index in [1.165, 1.54) is 0 Å². The van der Waals surface area contributed by atoms with E-state index in [1.54, 1.807) is 0 Å². The Morgan fingerprint density at radius 3 is 2.38 bits per heavy atom. The number of aromatic nitrogens is 1. The van der Waals surface area contributed by atoms with Crippen LogP contribution >= 0.6 is 0 Å². The highest BCUT2D eigenvalue weighted by molar-refractivity contribution is 6.18. The minimum absolute atomic E-state index is 0.0202. The van der Waals surface area contributed by atoms with Crippen LogP contribution in [0.25, 0.3) is 32.6 Å². The first-order chi connectivity index (χ1) is 10.4. The van der Waals surface area contributed by atoms with Crippen LogP contribution in [0.1, 0.15) is 5.56 Å². The van der Waals surface area contributed by atoms with E-state index in [0.29, 0.717) is 0 Å². The second-order valence-corrected chi connectivity index (χ2v) is 5.30. The molecule has 0 amide bonds. The number of benzene rings is 3. The third-order valence-corrected chi connectivity index (χ3v) is 4.18. The Labute approximate surface area is 120 Å². The standard InChI is InChI=1S/C18H11NO2/c20-9-13-10-5-3-4-8-14(10)19-16-11-6-1-2-7-12(11)17-18(21-17)15(13)16/h1-8,20H,9H2. The Balaban J connectivity index is 2.13. The average Bonchev–Trinajstić information content (AvgIpc) is 3.34. The second kappa shape index (κ2) is 3.71. The van der Waals surface area contributed by atoms with Crippen molar-refractivity contribution in [2.24, 2.45) is 0 Å². The predicted octanol–water partition coefficient (Wildman–Crippen LogP) is 4.14. The molecule has 3 nitrogen and oxygen atoms in total. The molecule has 1 aliphatic rings. The molecule has 3 aromatic carbocycles. The average molecular weight is 273 g/mol. The van der Waals surface area contributed by atoms with Crippen molar-refractivity contribution in [1.29, 1.82) is 0 Å². The van der Waals surface area contributed by atoms with E-state index in [4.69, 9.17) is 9.72 Å². The molecule has 0 saturated heterocycles. The molecule has 5 rings (SSSR count). The normalized spacial score (nSPS) is 12.6. The molecule has 0 atom stereocenters. The third-order valence-electron chi connectivity index (χ3n) is 4.18. The quantitative estimate of drug-likeness (QED) is 0.283. The van der Waals surface area contributed by atoms with Gasteiger partial charge in [-0.3, -0.25) is 0 Å². The van der Waals surface area contributed by atoms with Crippen molar-refractivity contribution < 1.29 is 9.84 Å². The van der Waals surface area contributed by atoms with Gasteiger partial charge in [0.05, 0.1) is 23.0 Å². The number of aliphatic hydroxyl groups is 1. The molecule has 0 fully saturated rings. The Hall–Kier alpha value is -2.65. The van der Waals surface area contributed by atoms with Gasteiger partial charge in [-0.25, -0.2) is 4.98 Å².